The third-order valence-corrected chi connectivity index (χ3v) is 15.0. The largest absolute Gasteiger partial charge is 0.310 e. The Kier molecular flexibility index (Phi) is 8.33. The molecule has 1 heterocycles. The Morgan fingerprint density at radius 2 is 0.879 bits per heavy atom. The van der Waals surface area contributed by atoms with Crippen LogP contribution < -0.4 is 4.90 Å². The summed E-state index contributed by atoms with van der Waals surface area (Å²) in [6.07, 6.45) is 0. The Bertz CT molecular complexity index is 3720. The molecule has 0 radical (unpaired) electrons. The van der Waals surface area contributed by atoms with Crippen molar-refractivity contribution in [3.8, 4) is 50.2 Å². The van der Waals surface area contributed by atoms with E-state index in [0.717, 1.165) is 22.7 Å². The molecule has 0 fully saturated rings. The van der Waals surface area contributed by atoms with E-state index >= 15 is 0 Å². The molecule has 11 aromatic rings. The van der Waals surface area contributed by atoms with E-state index in [0.29, 0.717) is 0 Å². The van der Waals surface area contributed by atoms with E-state index in [2.05, 4.69) is 256 Å². The molecule has 0 saturated carbocycles. The third kappa shape index (κ3) is 5.55. The number of benzene rings is 10. The van der Waals surface area contributed by atoms with Gasteiger partial charge in [-0.15, -0.1) is 0 Å². The van der Waals surface area contributed by atoms with E-state index in [-0.39, 0.29) is 10.8 Å². The van der Waals surface area contributed by atoms with Crippen LogP contribution in [0.4, 0.5) is 17.1 Å². The van der Waals surface area contributed by atoms with E-state index in [1.807, 2.05) is 0 Å². The SMILES string of the molecule is CC1(C)c2ccccc2-c2ccc(N(c3ccc(-c4ccccc4)cc3)c3cc4c(c5ccccc35)c3ccc5c(c3n4-c3ccc(-c4ccccc4)cc3)-c3ccccc3C5(C)C)cc21. The van der Waals surface area contributed by atoms with Crippen molar-refractivity contribution >= 4 is 49.6 Å². The standard InChI is InChI=1S/C64H48N2/c1-63(2)55-26-16-14-24-52(55)61-56(63)38-37-53-60-51-23-12-11-22-50(51)58(40-59(60)66(62(53)61)46-33-29-44(30-34-46)42-19-9-6-10-20-42)65(45-31-27-43(28-32-45)41-17-7-5-8-18-41)47-35-36-49-48-21-13-15-25-54(48)64(3,4)57(49)39-47/h5-40H,1-4H3. The molecule has 2 aliphatic rings. The number of hydrogen-bond acceptors (Lipinski definition) is 1. The summed E-state index contributed by atoms with van der Waals surface area (Å²) in [4.78, 5) is 2.51. The average Bonchev–Trinajstić information content (AvgIpc) is 3.91. The Labute approximate surface area is 386 Å². The second-order valence-electron chi connectivity index (χ2n) is 19.3. The van der Waals surface area contributed by atoms with Crippen molar-refractivity contribution in [1.82, 2.24) is 4.57 Å². The number of nitrogens with zero attached hydrogens (tertiary/aromatic N) is 2. The number of rotatable bonds is 6. The van der Waals surface area contributed by atoms with Crippen LogP contribution in [0.15, 0.2) is 218 Å². The van der Waals surface area contributed by atoms with Gasteiger partial charge in [-0.1, -0.05) is 204 Å². The Balaban J connectivity index is 1.12. The summed E-state index contributed by atoms with van der Waals surface area (Å²) in [6.45, 7) is 9.52. The molecule has 0 unspecified atom stereocenters. The van der Waals surface area contributed by atoms with Crippen LogP contribution in [0.2, 0.25) is 0 Å². The zero-order valence-electron chi connectivity index (χ0n) is 37.7. The van der Waals surface area contributed by atoms with Crippen molar-refractivity contribution in [3.63, 3.8) is 0 Å². The molecule has 314 valence electrons. The minimum atomic E-state index is -0.153. The van der Waals surface area contributed by atoms with Gasteiger partial charge in [0.1, 0.15) is 0 Å². The van der Waals surface area contributed by atoms with Gasteiger partial charge in [0.05, 0.1) is 16.7 Å². The van der Waals surface area contributed by atoms with E-state index in [1.54, 1.807) is 0 Å². The summed E-state index contributed by atoms with van der Waals surface area (Å²) < 4.78 is 2.57. The monoisotopic (exact) mass is 844 g/mol. The number of hydrogen-bond donors (Lipinski definition) is 0. The minimum Gasteiger partial charge on any atom is -0.310 e. The minimum absolute atomic E-state index is 0.143. The second-order valence-corrected chi connectivity index (χ2v) is 19.3. The second kappa shape index (κ2) is 14.3. The highest BCUT2D eigenvalue weighted by Gasteiger charge is 2.39. The number of aromatic nitrogens is 1. The van der Waals surface area contributed by atoms with Gasteiger partial charge >= 0.3 is 0 Å². The molecule has 0 aliphatic heterocycles. The quantitative estimate of drug-likeness (QED) is 0.162. The van der Waals surface area contributed by atoms with Gasteiger partial charge in [0, 0.05) is 49.6 Å². The predicted octanol–water partition coefficient (Wildman–Crippen LogP) is 17.4. The first kappa shape index (κ1) is 38.5. The van der Waals surface area contributed by atoms with Gasteiger partial charge in [0.25, 0.3) is 0 Å². The fourth-order valence-electron chi connectivity index (χ4n) is 11.7. The summed E-state index contributed by atoms with van der Waals surface area (Å²) in [5.74, 6) is 0. The van der Waals surface area contributed by atoms with Crippen LogP contribution in [0.1, 0.15) is 49.9 Å². The van der Waals surface area contributed by atoms with Gasteiger partial charge in [-0.2, -0.15) is 0 Å². The lowest BCUT2D eigenvalue weighted by Crippen LogP contribution is -2.16. The van der Waals surface area contributed by atoms with Crippen molar-refractivity contribution in [2.45, 2.75) is 38.5 Å². The Morgan fingerprint density at radius 1 is 0.364 bits per heavy atom. The van der Waals surface area contributed by atoms with Crippen LogP contribution in [0, 0.1) is 0 Å². The highest BCUT2D eigenvalue weighted by atomic mass is 15.1. The summed E-state index contributed by atoms with van der Waals surface area (Å²) >= 11 is 0. The molecule has 0 bridgehead atoms. The summed E-state index contributed by atoms with van der Waals surface area (Å²) in [6, 6.07) is 81.3. The van der Waals surface area contributed by atoms with Crippen molar-refractivity contribution in [2.24, 2.45) is 0 Å². The lowest BCUT2D eigenvalue weighted by atomic mass is 9.82. The fourth-order valence-corrected chi connectivity index (χ4v) is 11.7. The molecule has 2 aliphatic carbocycles. The van der Waals surface area contributed by atoms with Crippen molar-refractivity contribution in [2.75, 3.05) is 4.90 Å². The van der Waals surface area contributed by atoms with Crippen LogP contribution in [-0.4, -0.2) is 4.57 Å². The molecule has 66 heavy (non-hydrogen) atoms. The molecule has 2 heteroatoms. The lowest BCUT2D eigenvalue weighted by molar-refractivity contribution is 0.660. The van der Waals surface area contributed by atoms with Crippen LogP contribution >= 0.6 is 0 Å². The first-order valence-electron chi connectivity index (χ1n) is 23.3. The summed E-state index contributed by atoms with van der Waals surface area (Å²) in [7, 11) is 0. The average molecular weight is 845 g/mol. The number of fused-ring (bicyclic) bond motifs is 12. The Morgan fingerprint density at radius 3 is 1.56 bits per heavy atom. The maximum absolute atomic E-state index is 2.57. The molecular weight excluding hydrogens is 797 g/mol. The lowest BCUT2D eigenvalue weighted by Gasteiger charge is -2.29. The van der Waals surface area contributed by atoms with Crippen molar-refractivity contribution < 1.29 is 0 Å². The zero-order chi connectivity index (χ0) is 44.3. The Hall–Kier alpha value is -7.94. The topological polar surface area (TPSA) is 8.17 Å². The van der Waals surface area contributed by atoms with Crippen LogP contribution in [0.5, 0.6) is 0 Å². The maximum atomic E-state index is 2.57. The number of anilines is 3. The van der Waals surface area contributed by atoms with Crippen LogP contribution in [0.25, 0.3) is 82.8 Å². The van der Waals surface area contributed by atoms with E-state index in [4.69, 9.17) is 0 Å². The normalized spacial score (nSPS) is 14.0. The van der Waals surface area contributed by atoms with E-state index in [1.165, 1.54) is 99.3 Å². The molecule has 0 amide bonds. The van der Waals surface area contributed by atoms with Gasteiger partial charge in [0.2, 0.25) is 0 Å². The van der Waals surface area contributed by atoms with Gasteiger partial charge in [-0.3, -0.25) is 0 Å². The van der Waals surface area contributed by atoms with Crippen LogP contribution in [-0.2, 0) is 10.8 Å². The molecule has 10 aromatic carbocycles. The smallest absolute Gasteiger partial charge is 0.0622 e. The van der Waals surface area contributed by atoms with Crippen LogP contribution in [0.3, 0.4) is 0 Å². The molecule has 2 nitrogen and oxygen atoms in total. The van der Waals surface area contributed by atoms with Gasteiger partial charge in [-0.05, 0) is 109 Å². The first-order chi connectivity index (χ1) is 32.3. The first-order valence-corrected chi connectivity index (χ1v) is 23.3. The van der Waals surface area contributed by atoms with Crippen molar-refractivity contribution in [3.05, 3.63) is 241 Å². The molecule has 13 rings (SSSR count). The fraction of sp³-hybridized carbons (Fsp3) is 0.0938. The van der Waals surface area contributed by atoms with Gasteiger partial charge in [-0.25, -0.2) is 0 Å². The highest BCUT2D eigenvalue weighted by molar-refractivity contribution is 6.27. The molecule has 0 spiro atoms. The van der Waals surface area contributed by atoms with Gasteiger partial charge in [0.15, 0.2) is 0 Å². The zero-order valence-corrected chi connectivity index (χ0v) is 37.7. The van der Waals surface area contributed by atoms with E-state index in [9.17, 15) is 0 Å². The summed E-state index contributed by atoms with van der Waals surface area (Å²) in [5.41, 5.74) is 22.3. The highest BCUT2D eigenvalue weighted by Crippen LogP contribution is 2.55. The molecule has 0 N–H and O–H groups in total. The molecular formula is C64H48N2. The predicted molar refractivity (Wildman–Crippen MR) is 279 cm³/mol. The summed E-state index contributed by atoms with van der Waals surface area (Å²) in [5, 5.41) is 4.98. The third-order valence-electron chi connectivity index (χ3n) is 15.0. The molecule has 0 saturated heterocycles. The maximum Gasteiger partial charge on any atom is 0.0622 e. The van der Waals surface area contributed by atoms with E-state index < -0.39 is 0 Å². The van der Waals surface area contributed by atoms with Gasteiger partial charge < -0.3 is 9.47 Å². The van der Waals surface area contributed by atoms with Crippen molar-refractivity contribution in [1.29, 1.82) is 0 Å². The molecule has 0 atom stereocenters. The molecule has 1 aromatic heterocycles.